The van der Waals surface area contributed by atoms with Crippen LogP contribution in [-0.2, 0) is 10.3 Å². The lowest BCUT2D eigenvalue weighted by Gasteiger charge is -2.17. The number of nitrogens with one attached hydrogen (secondary N) is 1. The van der Waals surface area contributed by atoms with E-state index in [0.717, 1.165) is 25.7 Å². The molecule has 1 fully saturated rings. The molecule has 6 nitrogen and oxygen atoms in total. The predicted molar refractivity (Wildman–Crippen MR) is 99.8 cm³/mol. The molecular weight excluding hydrogens is 363 g/mol. The fraction of sp³-hybridized carbons (Fsp3) is 0.471. The van der Waals surface area contributed by atoms with E-state index >= 15 is 0 Å². The van der Waals surface area contributed by atoms with Crippen molar-refractivity contribution in [3.05, 3.63) is 29.0 Å². The van der Waals surface area contributed by atoms with Crippen molar-refractivity contribution in [1.29, 1.82) is 0 Å². The van der Waals surface area contributed by atoms with Crippen molar-refractivity contribution < 1.29 is 9.32 Å². The molecule has 3 N–H and O–H groups in total. The number of amides is 1. The Balaban J connectivity index is 0.00000225. The molecule has 136 valence electrons. The minimum absolute atomic E-state index is 0. The van der Waals surface area contributed by atoms with Crippen molar-refractivity contribution in [2.75, 3.05) is 5.32 Å². The Morgan fingerprint density at radius 3 is 2.68 bits per heavy atom. The van der Waals surface area contributed by atoms with E-state index in [-0.39, 0.29) is 24.2 Å². The van der Waals surface area contributed by atoms with E-state index in [1.807, 2.05) is 13.8 Å². The summed E-state index contributed by atoms with van der Waals surface area (Å²) >= 11 is 6.26. The first kappa shape index (κ1) is 19.7. The molecule has 1 aromatic carbocycles. The summed E-state index contributed by atoms with van der Waals surface area (Å²) in [6.45, 7) is 3.66. The number of hydrogen-bond acceptors (Lipinski definition) is 5. The zero-order valence-corrected chi connectivity index (χ0v) is 15.8. The minimum atomic E-state index is -0.516. The van der Waals surface area contributed by atoms with Crippen LogP contribution in [0.3, 0.4) is 0 Å². The maximum atomic E-state index is 11.9. The lowest BCUT2D eigenvalue weighted by atomic mass is 9.99. The number of rotatable bonds is 4. The van der Waals surface area contributed by atoms with Crippen LogP contribution < -0.4 is 11.1 Å². The number of hydrogen-bond donors (Lipinski definition) is 2. The van der Waals surface area contributed by atoms with Gasteiger partial charge in [-0.05, 0) is 31.0 Å². The summed E-state index contributed by atoms with van der Waals surface area (Å²) in [6.07, 6.45) is 3.84. The maximum absolute atomic E-state index is 11.9. The second-order valence-electron chi connectivity index (χ2n) is 6.62. The number of nitrogens with zero attached hydrogens (tertiary/aromatic N) is 2. The van der Waals surface area contributed by atoms with Crippen LogP contribution in [0.25, 0.3) is 11.5 Å². The summed E-state index contributed by atoms with van der Waals surface area (Å²) < 4.78 is 5.38. The van der Waals surface area contributed by atoms with E-state index in [4.69, 9.17) is 21.9 Å². The minimum Gasteiger partial charge on any atom is -0.334 e. The van der Waals surface area contributed by atoms with E-state index in [2.05, 4.69) is 15.5 Å². The molecule has 1 aliphatic carbocycles. The van der Waals surface area contributed by atoms with Gasteiger partial charge in [0.25, 0.3) is 5.89 Å². The topological polar surface area (TPSA) is 94.0 Å². The summed E-state index contributed by atoms with van der Waals surface area (Å²) in [5.74, 6) is 0.648. The molecule has 3 rings (SSSR count). The fourth-order valence-corrected chi connectivity index (χ4v) is 3.02. The SMILES string of the molecule is CC(C)C(=O)Nc1ccc(Cl)c(-c2nc(C3(N)CCCC3)no2)c1.Cl. The van der Waals surface area contributed by atoms with E-state index in [9.17, 15) is 4.79 Å². The Bertz CT molecular complexity index is 755. The van der Waals surface area contributed by atoms with Crippen molar-refractivity contribution in [2.24, 2.45) is 11.7 Å². The number of carbonyl (C=O) groups excluding carboxylic acids is 1. The zero-order chi connectivity index (χ0) is 17.3. The number of nitrogens with two attached hydrogens (primary N) is 1. The molecule has 2 aromatic rings. The first-order valence-electron chi connectivity index (χ1n) is 8.13. The van der Waals surface area contributed by atoms with Gasteiger partial charge >= 0.3 is 0 Å². The van der Waals surface area contributed by atoms with Crippen molar-refractivity contribution in [3.8, 4) is 11.5 Å². The summed E-state index contributed by atoms with van der Waals surface area (Å²) in [4.78, 5) is 16.3. The molecule has 1 aliphatic rings. The van der Waals surface area contributed by atoms with E-state index < -0.39 is 5.54 Å². The largest absolute Gasteiger partial charge is 0.334 e. The highest BCUT2D eigenvalue weighted by Crippen LogP contribution is 2.36. The molecule has 0 bridgehead atoms. The first-order chi connectivity index (χ1) is 11.4. The van der Waals surface area contributed by atoms with Gasteiger partial charge in [0.2, 0.25) is 5.91 Å². The zero-order valence-electron chi connectivity index (χ0n) is 14.2. The highest BCUT2D eigenvalue weighted by molar-refractivity contribution is 6.33. The van der Waals surface area contributed by atoms with E-state index in [1.165, 1.54) is 0 Å². The van der Waals surface area contributed by atoms with Gasteiger partial charge in [-0.3, -0.25) is 4.79 Å². The lowest BCUT2D eigenvalue weighted by molar-refractivity contribution is -0.118. The van der Waals surface area contributed by atoms with Crippen LogP contribution in [-0.4, -0.2) is 16.0 Å². The second kappa shape index (κ2) is 7.72. The summed E-state index contributed by atoms with van der Waals surface area (Å²) in [6, 6.07) is 5.17. The Morgan fingerprint density at radius 2 is 2.04 bits per heavy atom. The molecule has 0 spiro atoms. The summed E-state index contributed by atoms with van der Waals surface area (Å²) in [5, 5.41) is 7.36. The average molecular weight is 385 g/mol. The van der Waals surface area contributed by atoms with Gasteiger partial charge in [0.1, 0.15) is 0 Å². The third kappa shape index (κ3) is 4.14. The standard InChI is InChI=1S/C17H21ClN4O2.ClH/c1-10(2)14(23)20-11-5-6-13(18)12(9-11)15-21-16(22-24-15)17(19)7-3-4-8-17;/h5-6,9-10H,3-4,7-8,19H2,1-2H3,(H,20,23);1H. The molecule has 1 amide bonds. The quantitative estimate of drug-likeness (QED) is 0.825. The van der Waals surface area contributed by atoms with Crippen LogP contribution in [0.15, 0.2) is 22.7 Å². The smallest absolute Gasteiger partial charge is 0.259 e. The van der Waals surface area contributed by atoms with Crippen molar-refractivity contribution >= 4 is 35.6 Å². The number of carbonyl (C=O) groups is 1. The van der Waals surface area contributed by atoms with Gasteiger partial charge in [0.05, 0.1) is 16.1 Å². The number of benzene rings is 1. The van der Waals surface area contributed by atoms with Gasteiger partial charge in [-0.1, -0.05) is 43.4 Å². The molecule has 8 heteroatoms. The normalized spacial score (nSPS) is 15.9. The van der Waals surface area contributed by atoms with Crippen LogP contribution in [0, 0.1) is 5.92 Å². The van der Waals surface area contributed by atoms with Gasteiger partial charge < -0.3 is 15.6 Å². The molecule has 0 atom stereocenters. The second-order valence-corrected chi connectivity index (χ2v) is 7.03. The Kier molecular flexibility index (Phi) is 6.08. The highest BCUT2D eigenvalue weighted by Gasteiger charge is 2.36. The number of halogens is 2. The Morgan fingerprint density at radius 1 is 1.36 bits per heavy atom. The molecular formula is C17H22Cl2N4O2. The first-order valence-corrected chi connectivity index (χ1v) is 8.51. The Hall–Kier alpha value is -1.63. The Labute approximate surface area is 157 Å². The predicted octanol–water partition coefficient (Wildman–Crippen LogP) is 4.13. The van der Waals surface area contributed by atoms with Gasteiger partial charge in [-0.25, -0.2) is 0 Å². The van der Waals surface area contributed by atoms with E-state index in [1.54, 1.807) is 18.2 Å². The van der Waals surface area contributed by atoms with Crippen molar-refractivity contribution in [2.45, 2.75) is 45.1 Å². The molecule has 1 saturated carbocycles. The molecule has 1 aromatic heterocycles. The van der Waals surface area contributed by atoms with Crippen LogP contribution in [0.5, 0.6) is 0 Å². The molecule has 0 unspecified atom stereocenters. The fourth-order valence-electron chi connectivity index (χ4n) is 2.82. The van der Waals surface area contributed by atoms with Crippen LogP contribution in [0.4, 0.5) is 5.69 Å². The van der Waals surface area contributed by atoms with Gasteiger partial charge in [-0.15, -0.1) is 12.4 Å². The monoisotopic (exact) mass is 384 g/mol. The third-order valence-electron chi connectivity index (χ3n) is 4.36. The lowest BCUT2D eigenvalue weighted by Crippen LogP contribution is -2.34. The molecule has 1 heterocycles. The van der Waals surface area contributed by atoms with Gasteiger partial charge in [-0.2, -0.15) is 4.98 Å². The van der Waals surface area contributed by atoms with Gasteiger partial charge in [0.15, 0.2) is 5.82 Å². The van der Waals surface area contributed by atoms with E-state index in [0.29, 0.717) is 28.0 Å². The molecule has 0 aliphatic heterocycles. The maximum Gasteiger partial charge on any atom is 0.259 e. The van der Waals surface area contributed by atoms with Crippen molar-refractivity contribution in [1.82, 2.24) is 10.1 Å². The molecule has 0 saturated heterocycles. The molecule has 0 radical (unpaired) electrons. The summed E-state index contributed by atoms with van der Waals surface area (Å²) in [5.41, 5.74) is 7.07. The third-order valence-corrected chi connectivity index (χ3v) is 4.69. The van der Waals surface area contributed by atoms with Crippen LogP contribution in [0.1, 0.15) is 45.4 Å². The molecule has 25 heavy (non-hydrogen) atoms. The van der Waals surface area contributed by atoms with Gasteiger partial charge in [0, 0.05) is 11.6 Å². The van der Waals surface area contributed by atoms with Crippen LogP contribution >= 0.6 is 24.0 Å². The number of aromatic nitrogens is 2. The number of anilines is 1. The highest BCUT2D eigenvalue weighted by atomic mass is 35.5. The van der Waals surface area contributed by atoms with Crippen LogP contribution in [0.2, 0.25) is 5.02 Å². The van der Waals surface area contributed by atoms with Crippen molar-refractivity contribution in [3.63, 3.8) is 0 Å². The average Bonchev–Trinajstić information content (AvgIpc) is 3.19. The summed E-state index contributed by atoms with van der Waals surface area (Å²) in [7, 11) is 0.